The highest BCUT2D eigenvalue weighted by Gasteiger charge is 2.25. The van der Waals surface area contributed by atoms with Crippen molar-refractivity contribution in [3.63, 3.8) is 0 Å². The zero-order chi connectivity index (χ0) is 14.0. The van der Waals surface area contributed by atoms with E-state index in [0.29, 0.717) is 13.0 Å². The van der Waals surface area contributed by atoms with E-state index in [1.807, 2.05) is 0 Å². The first-order chi connectivity index (χ1) is 8.39. The Kier molecular flexibility index (Phi) is 8.74. The van der Waals surface area contributed by atoms with E-state index in [2.05, 4.69) is 5.32 Å². The van der Waals surface area contributed by atoms with Crippen molar-refractivity contribution in [2.45, 2.75) is 44.9 Å². The predicted octanol–water partition coefficient (Wildman–Crippen LogP) is 1.59. The molecule has 108 valence electrons. The van der Waals surface area contributed by atoms with Crippen LogP contribution < -0.4 is 11.1 Å². The highest BCUT2D eigenvalue weighted by Crippen LogP contribution is 2.21. The van der Waals surface area contributed by atoms with E-state index in [0.717, 1.165) is 0 Å². The largest absolute Gasteiger partial charge is 0.389 e. The van der Waals surface area contributed by atoms with Crippen LogP contribution in [0.2, 0.25) is 0 Å². The fourth-order valence-corrected chi connectivity index (χ4v) is 1.40. The Bertz CT molecular complexity index is 235. The van der Waals surface area contributed by atoms with Gasteiger partial charge in [-0.05, 0) is 19.8 Å². The van der Waals surface area contributed by atoms with Gasteiger partial charge in [-0.25, -0.2) is 0 Å². The molecular weight excluding hydrogens is 249 g/mol. The van der Waals surface area contributed by atoms with Crippen molar-refractivity contribution >= 4 is 5.91 Å². The number of ether oxygens (including phenoxy) is 1. The number of halogens is 3. The number of rotatable bonds is 9. The number of carbonyl (C=O) groups excluding carboxylic acids is 1. The van der Waals surface area contributed by atoms with Crippen LogP contribution >= 0.6 is 0 Å². The van der Waals surface area contributed by atoms with E-state index in [4.69, 9.17) is 10.5 Å². The number of nitrogens with two attached hydrogens (primary N) is 1. The van der Waals surface area contributed by atoms with Gasteiger partial charge in [0.15, 0.2) is 0 Å². The molecule has 0 saturated carbocycles. The standard InChI is InChI=1S/C11H21F3N2O2/c1-2-18-9(8-15)7-10(17)16-6-4-3-5-11(12,13)14/h9H,2-8,15H2,1H3,(H,16,17). The quantitative estimate of drug-likeness (QED) is 0.625. The summed E-state index contributed by atoms with van der Waals surface area (Å²) in [7, 11) is 0. The molecule has 0 radical (unpaired) electrons. The van der Waals surface area contributed by atoms with Crippen LogP contribution in [0.5, 0.6) is 0 Å². The van der Waals surface area contributed by atoms with E-state index in [1.54, 1.807) is 6.92 Å². The number of amides is 1. The highest BCUT2D eigenvalue weighted by atomic mass is 19.4. The van der Waals surface area contributed by atoms with E-state index in [1.165, 1.54) is 0 Å². The lowest BCUT2D eigenvalue weighted by Gasteiger charge is -2.14. The van der Waals surface area contributed by atoms with E-state index in [9.17, 15) is 18.0 Å². The zero-order valence-corrected chi connectivity index (χ0v) is 10.6. The van der Waals surface area contributed by atoms with Gasteiger partial charge in [-0.1, -0.05) is 0 Å². The molecule has 0 aliphatic carbocycles. The van der Waals surface area contributed by atoms with Crippen LogP contribution in [0.25, 0.3) is 0 Å². The number of unbranched alkanes of at least 4 members (excludes halogenated alkanes) is 1. The first-order valence-electron chi connectivity index (χ1n) is 6.04. The lowest BCUT2D eigenvalue weighted by Crippen LogP contribution is -2.33. The first kappa shape index (κ1) is 17.2. The van der Waals surface area contributed by atoms with Crippen LogP contribution in [0.15, 0.2) is 0 Å². The molecule has 0 aromatic heterocycles. The lowest BCUT2D eigenvalue weighted by molar-refractivity contribution is -0.135. The summed E-state index contributed by atoms with van der Waals surface area (Å²) in [6, 6.07) is 0. The van der Waals surface area contributed by atoms with Crippen molar-refractivity contribution in [1.82, 2.24) is 5.32 Å². The number of alkyl halides is 3. The number of hydrogen-bond donors (Lipinski definition) is 2. The molecule has 4 nitrogen and oxygen atoms in total. The molecule has 0 aliphatic heterocycles. The van der Waals surface area contributed by atoms with E-state index in [-0.39, 0.29) is 37.9 Å². The molecule has 0 fully saturated rings. The topological polar surface area (TPSA) is 64.3 Å². The first-order valence-corrected chi connectivity index (χ1v) is 6.04. The maximum atomic E-state index is 11.8. The van der Waals surface area contributed by atoms with Crippen LogP contribution in [0.4, 0.5) is 13.2 Å². The molecule has 0 bridgehead atoms. The Morgan fingerprint density at radius 2 is 2.06 bits per heavy atom. The van der Waals surface area contributed by atoms with Crippen molar-refractivity contribution in [3.05, 3.63) is 0 Å². The van der Waals surface area contributed by atoms with Gasteiger partial charge in [-0.3, -0.25) is 4.79 Å². The molecule has 3 N–H and O–H groups in total. The second-order valence-electron chi connectivity index (χ2n) is 3.94. The van der Waals surface area contributed by atoms with Crippen molar-refractivity contribution in [3.8, 4) is 0 Å². The Balaban J connectivity index is 3.58. The van der Waals surface area contributed by atoms with Crippen molar-refractivity contribution in [2.24, 2.45) is 5.73 Å². The van der Waals surface area contributed by atoms with Gasteiger partial charge in [0, 0.05) is 26.1 Å². The maximum absolute atomic E-state index is 11.8. The monoisotopic (exact) mass is 270 g/mol. The number of carbonyl (C=O) groups is 1. The van der Waals surface area contributed by atoms with Crippen LogP contribution in [-0.2, 0) is 9.53 Å². The summed E-state index contributed by atoms with van der Waals surface area (Å²) in [6.45, 7) is 2.77. The van der Waals surface area contributed by atoms with Crippen molar-refractivity contribution in [1.29, 1.82) is 0 Å². The second kappa shape index (κ2) is 9.16. The minimum absolute atomic E-state index is 0.0234. The molecule has 0 saturated heterocycles. The third-order valence-electron chi connectivity index (χ3n) is 2.29. The zero-order valence-electron chi connectivity index (χ0n) is 10.6. The Labute approximate surface area is 105 Å². The molecule has 0 rings (SSSR count). The summed E-state index contributed by atoms with van der Waals surface area (Å²) in [6.07, 6.45) is -4.78. The van der Waals surface area contributed by atoms with Crippen LogP contribution in [0, 0.1) is 0 Å². The smallest absolute Gasteiger partial charge is 0.377 e. The molecule has 0 heterocycles. The molecule has 7 heteroatoms. The van der Waals surface area contributed by atoms with E-state index >= 15 is 0 Å². The Morgan fingerprint density at radius 3 is 2.56 bits per heavy atom. The molecule has 1 atom stereocenters. The van der Waals surface area contributed by atoms with Gasteiger partial charge < -0.3 is 15.8 Å². The number of nitrogens with one attached hydrogen (secondary N) is 1. The summed E-state index contributed by atoms with van der Waals surface area (Å²) in [5.41, 5.74) is 5.40. The van der Waals surface area contributed by atoms with Gasteiger partial charge in [-0.15, -0.1) is 0 Å². The number of hydrogen-bond acceptors (Lipinski definition) is 3. The van der Waals surface area contributed by atoms with Crippen LogP contribution in [0.3, 0.4) is 0 Å². The fraction of sp³-hybridized carbons (Fsp3) is 0.909. The molecule has 0 aliphatic rings. The van der Waals surface area contributed by atoms with Crippen molar-refractivity contribution in [2.75, 3.05) is 19.7 Å². The predicted molar refractivity (Wildman–Crippen MR) is 62.0 cm³/mol. The fourth-order valence-electron chi connectivity index (χ4n) is 1.40. The van der Waals surface area contributed by atoms with Gasteiger partial charge >= 0.3 is 6.18 Å². The average Bonchev–Trinajstić information content (AvgIpc) is 2.26. The summed E-state index contributed by atoms with van der Waals surface area (Å²) in [5, 5.41) is 2.55. The molecular formula is C11H21F3N2O2. The molecule has 0 aromatic carbocycles. The third-order valence-corrected chi connectivity index (χ3v) is 2.29. The van der Waals surface area contributed by atoms with Gasteiger partial charge in [0.25, 0.3) is 0 Å². The Hall–Kier alpha value is -0.820. The van der Waals surface area contributed by atoms with Crippen LogP contribution in [-0.4, -0.2) is 37.9 Å². The maximum Gasteiger partial charge on any atom is 0.389 e. The molecule has 1 unspecified atom stereocenters. The lowest BCUT2D eigenvalue weighted by atomic mass is 10.2. The third kappa shape index (κ3) is 10.3. The minimum atomic E-state index is -4.12. The SMILES string of the molecule is CCOC(CN)CC(=O)NCCCCC(F)(F)F. The normalized spacial score (nSPS) is 13.4. The molecule has 0 spiro atoms. The van der Waals surface area contributed by atoms with Gasteiger partial charge in [0.2, 0.25) is 5.91 Å². The molecule has 18 heavy (non-hydrogen) atoms. The average molecular weight is 270 g/mol. The molecule has 0 aromatic rings. The molecule has 1 amide bonds. The van der Waals surface area contributed by atoms with Gasteiger partial charge in [0.1, 0.15) is 0 Å². The summed E-state index contributed by atoms with van der Waals surface area (Å²) >= 11 is 0. The Morgan fingerprint density at radius 1 is 1.39 bits per heavy atom. The summed E-state index contributed by atoms with van der Waals surface area (Å²) < 4.78 is 40.7. The summed E-state index contributed by atoms with van der Waals surface area (Å²) in [5.74, 6) is -0.245. The van der Waals surface area contributed by atoms with Crippen molar-refractivity contribution < 1.29 is 22.7 Å². The van der Waals surface area contributed by atoms with E-state index < -0.39 is 12.6 Å². The minimum Gasteiger partial charge on any atom is -0.377 e. The second-order valence-corrected chi connectivity index (χ2v) is 3.94. The van der Waals surface area contributed by atoms with Gasteiger partial charge in [-0.2, -0.15) is 13.2 Å². The highest BCUT2D eigenvalue weighted by molar-refractivity contribution is 5.76. The summed E-state index contributed by atoms with van der Waals surface area (Å²) in [4.78, 5) is 11.4. The van der Waals surface area contributed by atoms with Gasteiger partial charge in [0.05, 0.1) is 12.5 Å². The van der Waals surface area contributed by atoms with Crippen LogP contribution in [0.1, 0.15) is 32.6 Å².